The Bertz CT molecular complexity index is 550. The quantitative estimate of drug-likeness (QED) is 0.753. The van der Waals surface area contributed by atoms with Crippen molar-refractivity contribution in [1.82, 2.24) is 4.90 Å². The van der Waals surface area contributed by atoms with Crippen molar-refractivity contribution < 1.29 is 0 Å². The molecule has 0 atom stereocenters. The van der Waals surface area contributed by atoms with E-state index in [-0.39, 0.29) is 0 Å². The first-order valence-corrected chi connectivity index (χ1v) is 6.83. The van der Waals surface area contributed by atoms with Crippen molar-refractivity contribution in [2.24, 2.45) is 0 Å². The number of piperidine rings is 1. The molecule has 0 spiro atoms. The molecule has 92 valence electrons. The maximum atomic E-state index is 2.43. The van der Waals surface area contributed by atoms with E-state index in [4.69, 9.17) is 0 Å². The number of benzene rings is 2. The van der Waals surface area contributed by atoms with Crippen molar-refractivity contribution in [2.75, 3.05) is 13.1 Å². The summed E-state index contributed by atoms with van der Waals surface area (Å²) in [6, 6.07) is 15.2. The second kappa shape index (κ2) is 5.26. The molecule has 18 heavy (non-hydrogen) atoms. The zero-order valence-corrected chi connectivity index (χ0v) is 10.7. The fourth-order valence-corrected chi connectivity index (χ4v) is 2.57. The van der Waals surface area contributed by atoms with Crippen LogP contribution in [0.3, 0.4) is 0 Å². The van der Waals surface area contributed by atoms with Crippen molar-refractivity contribution in [3.05, 3.63) is 54.2 Å². The van der Waals surface area contributed by atoms with Gasteiger partial charge < -0.3 is 4.90 Å². The van der Waals surface area contributed by atoms with Crippen molar-refractivity contribution in [3.63, 3.8) is 0 Å². The van der Waals surface area contributed by atoms with E-state index >= 15 is 0 Å². The van der Waals surface area contributed by atoms with Gasteiger partial charge in [0, 0.05) is 13.1 Å². The highest BCUT2D eigenvalue weighted by Crippen LogP contribution is 2.17. The zero-order chi connectivity index (χ0) is 12.2. The molecule has 1 aliphatic rings. The maximum absolute atomic E-state index is 2.43. The molecule has 0 unspecified atom stereocenters. The van der Waals surface area contributed by atoms with Crippen LogP contribution in [0.15, 0.2) is 48.7 Å². The van der Waals surface area contributed by atoms with Crippen LogP contribution in [0.2, 0.25) is 0 Å². The van der Waals surface area contributed by atoms with E-state index < -0.39 is 0 Å². The van der Waals surface area contributed by atoms with Gasteiger partial charge in [-0.3, -0.25) is 0 Å². The van der Waals surface area contributed by atoms with E-state index in [0.717, 1.165) is 0 Å². The van der Waals surface area contributed by atoms with Gasteiger partial charge in [-0.2, -0.15) is 0 Å². The van der Waals surface area contributed by atoms with E-state index in [9.17, 15) is 0 Å². The van der Waals surface area contributed by atoms with Crippen LogP contribution in [-0.2, 0) is 0 Å². The summed E-state index contributed by atoms with van der Waals surface area (Å²) in [4.78, 5) is 2.43. The summed E-state index contributed by atoms with van der Waals surface area (Å²) in [6.07, 6.45) is 8.55. The molecule has 2 aromatic carbocycles. The van der Waals surface area contributed by atoms with Crippen LogP contribution in [0.25, 0.3) is 16.8 Å². The molecule has 0 aliphatic carbocycles. The molecule has 0 amide bonds. The highest BCUT2D eigenvalue weighted by molar-refractivity contribution is 5.84. The minimum Gasteiger partial charge on any atom is -0.377 e. The number of fused-ring (bicyclic) bond motifs is 1. The Morgan fingerprint density at radius 3 is 2.44 bits per heavy atom. The molecule has 0 radical (unpaired) electrons. The SMILES string of the molecule is C(=C\N1CCCCC1)/c1ccc2ccccc2c1. The Balaban J connectivity index is 1.79. The lowest BCUT2D eigenvalue weighted by atomic mass is 10.1. The molecule has 3 rings (SSSR count). The van der Waals surface area contributed by atoms with Gasteiger partial charge in [-0.15, -0.1) is 0 Å². The Kier molecular flexibility index (Phi) is 3.31. The molecule has 0 aromatic heterocycles. The van der Waals surface area contributed by atoms with Crippen molar-refractivity contribution in [3.8, 4) is 0 Å². The summed E-state index contributed by atoms with van der Waals surface area (Å²) in [6.45, 7) is 2.42. The average Bonchev–Trinajstić information content (AvgIpc) is 2.46. The smallest absolute Gasteiger partial charge is 0.0172 e. The third-order valence-corrected chi connectivity index (χ3v) is 3.64. The van der Waals surface area contributed by atoms with E-state index in [0.29, 0.717) is 0 Å². The second-order valence-corrected chi connectivity index (χ2v) is 5.02. The van der Waals surface area contributed by atoms with Crippen LogP contribution in [0.1, 0.15) is 24.8 Å². The number of rotatable bonds is 2. The fourth-order valence-electron chi connectivity index (χ4n) is 2.57. The van der Waals surface area contributed by atoms with Crippen molar-refractivity contribution in [2.45, 2.75) is 19.3 Å². The van der Waals surface area contributed by atoms with Gasteiger partial charge in [0.1, 0.15) is 0 Å². The lowest BCUT2D eigenvalue weighted by Gasteiger charge is -2.24. The zero-order valence-electron chi connectivity index (χ0n) is 10.7. The predicted molar refractivity (Wildman–Crippen MR) is 78.4 cm³/mol. The predicted octanol–water partition coefficient (Wildman–Crippen LogP) is 4.30. The van der Waals surface area contributed by atoms with Gasteiger partial charge in [-0.05, 0) is 53.9 Å². The minimum atomic E-state index is 1.21. The lowest BCUT2D eigenvalue weighted by Crippen LogP contribution is -2.23. The van der Waals surface area contributed by atoms with Crippen LogP contribution in [0.5, 0.6) is 0 Å². The van der Waals surface area contributed by atoms with Gasteiger partial charge >= 0.3 is 0 Å². The van der Waals surface area contributed by atoms with E-state index in [2.05, 4.69) is 59.6 Å². The summed E-state index contributed by atoms with van der Waals surface area (Å²) in [5.74, 6) is 0. The van der Waals surface area contributed by atoms with Crippen LogP contribution in [-0.4, -0.2) is 18.0 Å². The summed E-state index contributed by atoms with van der Waals surface area (Å²) in [5.41, 5.74) is 1.29. The molecule has 2 aromatic rings. The standard InChI is InChI=1S/C17H19N/c1-4-11-18(12-5-1)13-10-15-8-9-16-6-2-3-7-17(16)14-15/h2-3,6-10,13-14H,1,4-5,11-12H2/b13-10+. The summed E-state index contributed by atoms with van der Waals surface area (Å²) in [7, 11) is 0. The van der Waals surface area contributed by atoms with Crippen LogP contribution in [0.4, 0.5) is 0 Å². The third-order valence-electron chi connectivity index (χ3n) is 3.64. The molecule has 1 heterocycles. The molecule has 1 nitrogen and oxygen atoms in total. The highest BCUT2D eigenvalue weighted by atomic mass is 15.1. The van der Waals surface area contributed by atoms with Gasteiger partial charge in [-0.25, -0.2) is 0 Å². The Labute approximate surface area is 109 Å². The lowest BCUT2D eigenvalue weighted by molar-refractivity contribution is 0.311. The molecule has 0 N–H and O–H groups in total. The average molecular weight is 237 g/mol. The molecular weight excluding hydrogens is 218 g/mol. The van der Waals surface area contributed by atoms with Gasteiger partial charge in [0.15, 0.2) is 0 Å². The first kappa shape index (κ1) is 11.3. The normalized spacial score (nSPS) is 16.6. The topological polar surface area (TPSA) is 3.24 Å². The Morgan fingerprint density at radius 2 is 1.61 bits per heavy atom. The second-order valence-electron chi connectivity index (χ2n) is 5.02. The van der Waals surface area contributed by atoms with Gasteiger partial charge in [0.25, 0.3) is 0 Å². The van der Waals surface area contributed by atoms with Crippen LogP contribution >= 0.6 is 0 Å². The molecule has 1 aliphatic heterocycles. The summed E-state index contributed by atoms with van der Waals surface area (Å²) in [5, 5.41) is 2.63. The summed E-state index contributed by atoms with van der Waals surface area (Å²) < 4.78 is 0. The van der Waals surface area contributed by atoms with Gasteiger partial charge in [0.05, 0.1) is 0 Å². The number of hydrogen-bond acceptors (Lipinski definition) is 1. The Hall–Kier alpha value is -1.76. The molecule has 0 bridgehead atoms. The first-order valence-electron chi connectivity index (χ1n) is 6.83. The monoisotopic (exact) mass is 237 g/mol. The molecule has 0 saturated carbocycles. The summed E-state index contributed by atoms with van der Waals surface area (Å²) >= 11 is 0. The van der Waals surface area contributed by atoms with Crippen molar-refractivity contribution >= 4 is 16.8 Å². The van der Waals surface area contributed by atoms with Gasteiger partial charge in [-0.1, -0.05) is 36.4 Å². The number of hydrogen-bond donors (Lipinski definition) is 0. The molecular formula is C17H19N. The fraction of sp³-hybridized carbons (Fsp3) is 0.294. The third kappa shape index (κ3) is 2.56. The van der Waals surface area contributed by atoms with Crippen LogP contribution < -0.4 is 0 Å². The number of nitrogens with zero attached hydrogens (tertiary/aromatic N) is 1. The Morgan fingerprint density at radius 1 is 0.833 bits per heavy atom. The van der Waals surface area contributed by atoms with E-state index in [1.165, 1.54) is 48.7 Å². The first-order chi connectivity index (χ1) is 8.92. The van der Waals surface area contributed by atoms with Crippen molar-refractivity contribution in [1.29, 1.82) is 0 Å². The molecule has 1 fully saturated rings. The van der Waals surface area contributed by atoms with Crippen LogP contribution in [0, 0.1) is 0 Å². The highest BCUT2D eigenvalue weighted by Gasteiger charge is 2.04. The minimum absolute atomic E-state index is 1.21. The maximum Gasteiger partial charge on any atom is 0.0172 e. The van der Waals surface area contributed by atoms with E-state index in [1.807, 2.05) is 0 Å². The van der Waals surface area contributed by atoms with Gasteiger partial charge in [0.2, 0.25) is 0 Å². The number of likely N-dealkylation sites (tertiary alicyclic amines) is 1. The molecule has 1 heteroatoms. The molecule has 1 saturated heterocycles. The van der Waals surface area contributed by atoms with E-state index in [1.54, 1.807) is 0 Å². The largest absolute Gasteiger partial charge is 0.377 e.